The van der Waals surface area contributed by atoms with Gasteiger partial charge in [-0.15, -0.1) is 23.2 Å². The summed E-state index contributed by atoms with van der Waals surface area (Å²) in [7, 11) is 0. The van der Waals surface area contributed by atoms with Crippen molar-refractivity contribution < 1.29 is 0 Å². The maximum atomic E-state index is 6.33. The predicted octanol–water partition coefficient (Wildman–Crippen LogP) is 4.44. The highest BCUT2D eigenvalue weighted by atomic mass is 35.5. The summed E-state index contributed by atoms with van der Waals surface area (Å²) in [6.45, 7) is 8.50. The Morgan fingerprint density at radius 2 is 1.83 bits per heavy atom. The van der Waals surface area contributed by atoms with Crippen molar-refractivity contribution in [2.45, 2.75) is 57.2 Å². The van der Waals surface area contributed by atoms with Gasteiger partial charge in [0, 0.05) is 0 Å². The molecule has 0 aliphatic carbocycles. The van der Waals surface area contributed by atoms with Crippen LogP contribution in [0.1, 0.15) is 47.0 Å². The van der Waals surface area contributed by atoms with Gasteiger partial charge in [-0.05, 0) is 19.3 Å². The molecule has 0 aliphatic rings. The van der Waals surface area contributed by atoms with Crippen LogP contribution in [0, 0.1) is 5.92 Å². The van der Waals surface area contributed by atoms with Crippen LogP contribution in [-0.4, -0.2) is 10.3 Å². The van der Waals surface area contributed by atoms with Gasteiger partial charge in [0.2, 0.25) is 0 Å². The molecule has 0 radical (unpaired) electrons. The molecule has 2 heteroatoms. The molecular formula is C10H20Cl2. The van der Waals surface area contributed by atoms with Crippen molar-refractivity contribution >= 4 is 23.2 Å². The van der Waals surface area contributed by atoms with Crippen LogP contribution >= 0.6 is 23.2 Å². The first kappa shape index (κ1) is 12.6. The molecule has 12 heavy (non-hydrogen) atoms. The lowest BCUT2D eigenvalue weighted by Gasteiger charge is -2.31. The van der Waals surface area contributed by atoms with Crippen LogP contribution in [0.25, 0.3) is 0 Å². The van der Waals surface area contributed by atoms with E-state index in [-0.39, 0.29) is 10.3 Å². The molecular weight excluding hydrogens is 191 g/mol. The Bertz CT molecular complexity index is 121. The van der Waals surface area contributed by atoms with E-state index in [1.807, 2.05) is 6.92 Å². The SMILES string of the molecule is CCCC(C)(Cl)C(Cl)[C@H](C)CC. The van der Waals surface area contributed by atoms with Gasteiger partial charge in [-0.3, -0.25) is 0 Å². The monoisotopic (exact) mass is 210 g/mol. The van der Waals surface area contributed by atoms with E-state index in [0.717, 1.165) is 19.3 Å². The van der Waals surface area contributed by atoms with E-state index in [1.165, 1.54) is 0 Å². The van der Waals surface area contributed by atoms with Crippen molar-refractivity contribution in [1.82, 2.24) is 0 Å². The van der Waals surface area contributed by atoms with Gasteiger partial charge >= 0.3 is 0 Å². The minimum atomic E-state index is -0.230. The summed E-state index contributed by atoms with van der Waals surface area (Å²) in [5.74, 6) is 0.501. The van der Waals surface area contributed by atoms with Crippen molar-refractivity contribution in [2.75, 3.05) is 0 Å². The highest BCUT2D eigenvalue weighted by molar-refractivity contribution is 6.32. The van der Waals surface area contributed by atoms with Crippen LogP contribution < -0.4 is 0 Å². The Morgan fingerprint density at radius 1 is 1.33 bits per heavy atom. The lowest BCUT2D eigenvalue weighted by atomic mass is 9.91. The maximum absolute atomic E-state index is 6.33. The molecule has 0 fully saturated rings. The topological polar surface area (TPSA) is 0 Å². The predicted molar refractivity (Wildman–Crippen MR) is 58.3 cm³/mol. The molecule has 0 heterocycles. The molecule has 0 bridgehead atoms. The van der Waals surface area contributed by atoms with Crippen LogP contribution in [0.2, 0.25) is 0 Å². The largest absolute Gasteiger partial charge is 0.121 e. The summed E-state index contributed by atoms with van der Waals surface area (Å²) >= 11 is 12.6. The standard InChI is InChI=1S/C10H20Cl2/c1-5-7-10(4,12)9(11)8(3)6-2/h8-9H,5-7H2,1-4H3/t8-,9?,10?/m1/s1. The molecule has 0 aliphatic heterocycles. The van der Waals surface area contributed by atoms with Crippen molar-refractivity contribution in [2.24, 2.45) is 5.92 Å². The van der Waals surface area contributed by atoms with Crippen LogP contribution in [-0.2, 0) is 0 Å². The van der Waals surface area contributed by atoms with E-state index < -0.39 is 0 Å². The quantitative estimate of drug-likeness (QED) is 0.590. The van der Waals surface area contributed by atoms with Crippen molar-refractivity contribution in [1.29, 1.82) is 0 Å². The van der Waals surface area contributed by atoms with Crippen molar-refractivity contribution in [3.8, 4) is 0 Å². The second kappa shape index (κ2) is 5.34. The van der Waals surface area contributed by atoms with Crippen molar-refractivity contribution in [3.63, 3.8) is 0 Å². The number of hydrogen-bond donors (Lipinski definition) is 0. The van der Waals surface area contributed by atoms with E-state index in [1.54, 1.807) is 0 Å². The fourth-order valence-corrected chi connectivity index (χ4v) is 2.12. The molecule has 74 valence electrons. The van der Waals surface area contributed by atoms with Crippen LogP contribution in [0.5, 0.6) is 0 Å². The smallest absolute Gasteiger partial charge is 0.0584 e. The fourth-order valence-electron chi connectivity index (χ4n) is 1.43. The second-order valence-corrected chi connectivity index (χ2v) is 5.15. The maximum Gasteiger partial charge on any atom is 0.0584 e. The summed E-state index contributed by atoms with van der Waals surface area (Å²) in [4.78, 5) is -0.230. The zero-order chi connectivity index (χ0) is 9.78. The molecule has 0 amide bonds. The Morgan fingerprint density at radius 3 is 2.17 bits per heavy atom. The molecule has 0 aromatic carbocycles. The summed E-state index contributed by atoms with van der Waals surface area (Å²) in [6, 6.07) is 0. The van der Waals surface area contributed by atoms with Gasteiger partial charge in [-0.2, -0.15) is 0 Å². The van der Waals surface area contributed by atoms with E-state index in [2.05, 4.69) is 20.8 Å². The van der Waals surface area contributed by atoms with E-state index in [0.29, 0.717) is 5.92 Å². The van der Waals surface area contributed by atoms with Crippen LogP contribution in [0.3, 0.4) is 0 Å². The van der Waals surface area contributed by atoms with Crippen molar-refractivity contribution in [3.05, 3.63) is 0 Å². The molecule has 0 aromatic heterocycles. The Hall–Kier alpha value is 0.580. The Kier molecular flexibility index (Phi) is 5.60. The minimum Gasteiger partial charge on any atom is -0.121 e. The number of hydrogen-bond acceptors (Lipinski definition) is 0. The minimum absolute atomic E-state index is 0.0871. The Balaban J connectivity index is 4.13. The summed E-state index contributed by atoms with van der Waals surface area (Å²) in [6.07, 6.45) is 3.19. The first-order valence-electron chi connectivity index (χ1n) is 4.78. The normalized spacial score (nSPS) is 21.5. The lowest BCUT2D eigenvalue weighted by molar-refractivity contribution is 0.419. The molecule has 0 rings (SSSR count). The summed E-state index contributed by atoms with van der Waals surface area (Å²) < 4.78 is 0. The zero-order valence-electron chi connectivity index (χ0n) is 8.53. The first-order chi connectivity index (χ1) is 5.45. The Labute approximate surface area is 86.6 Å². The molecule has 0 aromatic rings. The summed E-state index contributed by atoms with van der Waals surface area (Å²) in [5, 5.41) is 0.0871. The molecule has 0 N–H and O–H groups in total. The van der Waals surface area contributed by atoms with Gasteiger partial charge in [-0.1, -0.05) is 33.6 Å². The highest BCUT2D eigenvalue weighted by Gasteiger charge is 2.32. The van der Waals surface area contributed by atoms with Gasteiger partial charge < -0.3 is 0 Å². The highest BCUT2D eigenvalue weighted by Crippen LogP contribution is 2.34. The number of alkyl halides is 2. The van der Waals surface area contributed by atoms with E-state index >= 15 is 0 Å². The van der Waals surface area contributed by atoms with Gasteiger partial charge in [-0.25, -0.2) is 0 Å². The molecule has 3 atom stereocenters. The van der Waals surface area contributed by atoms with Gasteiger partial charge in [0.05, 0.1) is 10.3 Å². The van der Waals surface area contributed by atoms with E-state index in [4.69, 9.17) is 23.2 Å². The third kappa shape index (κ3) is 3.53. The lowest BCUT2D eigenvalue weighted by Crippen LogP contribution is -2.34. The molecule has 0 spiro atoms. The zero-order valence-corrected chi connectivity index (χ0v) is 10.0. The average Bonchev–Trinajstić information content (AvgIpc) is 2.01. The number of rotatable bonds is 5. The van der Waals surface area contributed by atoms with E-state index in [9.17, 15) is 0 Å². The van der Waals surface area contributed by atoms with Gasteiger partial charge in [0.25, 0.3) is 0 Å². The van der Waals surface area contributed by atoms with Crippen LogP contribution in [0.15, 0.2) is 0 Å². The average molecular weight is 211 g/mol. The third-order valence-corrected chi connectivity index (χ3v) is 3.90. The molecule has 0 nitrogen and oxygen atoms in total. The number of halogens is 2. The fraction of sp³-hybridized carbons (Fsp3) is 1.00. The first-order valence-corrected chi connectivity index (χ1v) is 5.60. The third-order valence-electron chi connectivity index (χ3n) is 2.46. The molecule has 2 unspecified atom stereocenters. The summed E-state index contributed by atoms with van der Waals surface area (Å²) in [5.41, 5.74) is 0. The van der Waals surface area contributed by atoms with Crippen LogP contribution in [0.4, 0.5) is 0 Å². The second-order valence-electron chi connectivity index (χ2n) is 3.82. The molecule has 0 saturated carbocycles. The van der Waals surface area contributed by atoms with Gasteiger partial charge in [0.15, 0.2) is 0 Å². The van der Waals surface area contributed by atoms with Gasteiger partial charge in [0.1, 0.15) is 0 Å². The molecule has 0 saturated heterocycles.